The monoisotopic (exact) mass is 215 g/mol. The van der Waals surface area contributed by atoms with Gasteiger partial charge in [-0.25, -0.2) is 0 Å². The number of carboxylic acids is 1. The molecular weight excluding hydrogens is 190 g/mol. The fourth-order valence-corrected chi connectivity index (χ4v) is 1.50. The molecule has 0 saturated heterocycles. The first-order chi connectivity index (χ1) is 6.93. The van der Waals surface area contributed by atoms with Crippen molar-refractivity contribution in [1.29, 1.82) is 0 Å². The zero-order chi connectivity index (χ0) is 11.8. The Balaban J connectivity index is 3.46. The zero-order valence-electron chi connectivity index (χ0n) is 10.2. The van der Waals surface area contributed by atoms with E-state index in [0.29, 0.717) is 5.92 Å². The van der Waals surface area contributed by atoms with Crippen molar-refractivity contribution >= 4 is 5.97 Å². The van der Waals surface area contributed by atoms with Crippen LogP contribution in [0.1, 0.15) is 52.9 Å². The topological polar surface area (TPSA) is 63.3 Å². The van der Waals surface area contributed by atoms with E-state index in [2.05, 4.69) is 13.8 Å². The van der Waals surface area contributed by atoms with E-state index < -0.39 is 5.97 Å². The molecule has 0 heterocycles. The predicted molar refractivity (Wildman–Crippen MR) is 62.7 cm³/mol. The molecule has 0 aromatic carbocycles. The quantitative estimate of drug-likeness (QED) is 0.654. The Morgan fingerprint density at radius 1 is 1.13 bits per heavy atom. The SMILES string of the molecule is CC(C)CCC(N)CCCC(C)C(=O)O. The number of hydrogen-bond donors (Lipinski definition) is 2. The molecule has 0 bridgehead atoms. The fourth-order valence-electron chi connectivity index (χ4n) is 1.50. The highest BCUT2D eigenvalue weighted by atomic mass is 16.4. The standard InChI is InChI=1S/C12H25NO2/c1-9(2)7-8-11(13)6-4-5-10(3)12(14)15/h9-11H,4-8,13H2,1-3H3,(H,14,15). The first-order valence-electron chi connectivity index (χ1n) is 5.91. The largest absolute Gasteiger partial charge is 0.481 e. The number of carboxylic acid groups (broad SMARTS) is 1. The molecule has 3 N–H and O–H groups in total. The van der Waals surface area contributed by atoms with Gasteiger partial charge in [-0.05, 0) is 31.6 Å². The first kappa shape index (κ1) is 14.4. The van der Waals surface area contributed by atoms with E-state index in [4.69, 9.17) is 10.8 Å². The Bertz CT molecular complexity index is 180. The smallest absolute Gasteiger partial charge is 0.306 e. The highest BCUT2D eigenvalue weighted by Gasteiger charge is 2.11. The molecule has 15 heavy (non-hydrogen) atoms. The van der Waals surface area contributed by atoms with Gasteiger partial charge in [0.1, 0.15) is 0 Å². The number of aliphatic carboxylic acids is 1. The van der Waals surface area contributed by atoms with Crippen molar-refractivity contribution in [3.8, 4) is 0 Å². The molecule has 0 amide bonds. The Morgan fingerprint density at radius 3 is 2.20 bits per heavy atom. The lowest BCUT2D eigenvalue weighted by Gasteiger charge is -2.13. The summed E-state index contributed by atoms with van der Waals surface area (Å²) >= 11 is 0. The minimum Gasteiger partial charge on any atom is -0.481 e. The van der Waals surface area contributed by atoms with E-state index in [1.165, 1.54) is 0 Å². The molecule has 0 rings (SSSR count). The van der Waals surface area contributed by atoms with Gasteiger partial charge in [0.2, 0.25) is 0 Å². The van der Waals surface area contributed by atoms with Crippen LogP contribution in [0.15, 0.2) is 0 Å². The minimum absolute atomic E-state index is 0.234. The molecule has 3 heteroatoms. The molecule has 3 nitrogen and oxygen atoms in total. The number of rotatable bonds is 8. The van der Waals surface area contributed by atoms with E-state index in [1.807, 2.05) is 0 Å². The van der Waals surface area contributed by atoms with Gasteiger partial charge in [-0.1, -0.05) is 27.2 Å². The highest BCUT2D eigenvalue weighted by molar-refractivity contribution is 5.69. The average molecular weight is 215 g/mol. The lowest BCUT2D eigenvalue weighted by atomic mass is 9.97. The summed E-state index contributed by atoms with van der Waals surface area (Å²) in [6, 6.07) is 0.244. The van der Waals surface area contributed by atoms with Gasteiger partial charge < -0.3 is 10.8 Å². The van der Waals surface area contributed by atoms with E-state index in [0.717, 1.165) is 32.1 Å². The zero-order valence-corrected chi connectivity index (χ0v) is 10.2. The second kappa shape index (κ2) is 7.69. The van der Waals surface area contributed by atoms with Crippen LogP contribution in [-0.2, 0) is 4.79 Å². The Morgan fingerprint density at radius 2 is 1.73 bits per heavy atom. The molecule has 0 aliphatic rings. The van der Waals surface area contributed by atoms with Gasteiger partial charge >= 0.3 is 5.97 Å². The van der Waals surface area contributed by atoms with Gasteiger partial charge in [0, 0.05) is 6.04 Å². The molecule has 0 aliphatic carbocycles. The normalized spacial score (nSPS) is 15.3. The summed E-state index contributed by atoms with van der Waals surface area (Å²) < 4.78 is 0. The van der Waals surface area contributed by atoms with Crippen LogP contribution in [-0.4, -0.2) is 17.1 Å². The summed E-state index contributed by atoms with van der Waals surface area (Å²) in [5.41, 5.74) is 5.94. The van der Waals surface area contributed by atoms with Crippen LogP contribution in [0.4, 0.5) is 0 Å². The van der Waals surface area contributed by atoms with Gasteiger partial charge in [0.05, 0.1) is 5.92 Å². The van der Waals surface area contributed by atoms with Crippen LogP contribution in [0.2, 0.25) is 0 Å². The van der Waals surface area contributed by atoms with Crippen molar-refractivity contribution in [2.24, 2.45) is 17.6 Å². The fraction of sp³-hybridized carbons (Fsp3) is 0.917. The summed E-state index contributed by atoms with van der Waals surface area (Å²) in [5.74, 6) is -0.234. The van der Waals surface area contributed by atoms with Crippen molar-refractivity contribution in [2.75, 3.05) is 0 Å². The van der Waals surface area contributed by atoms with Crippen molar-refractivity contribution in [1.82, 2.24) is 0 Å². The summed E-state index contributed by atoms with van der Waals surface area (Å²) in [5, 5.41) is 8.69. The van der Waals surface area contributed by atoms with E-state index in [-0.39, 0.29) is 12.0 Å². The molecule has 0 spiro atoms. The molecular formula is C12H25NO2. The van der Waals surface area contributed by atoms with E-state index in [1.54, 1.807) is 6.92 Å². The van der Waals surface area contributed by atoms with Crippen LogP contribution in [0.5, 0.6) is 0 Å². The van der Waals surface area contributed by atoms with E-state index >= 15 is 0 Å². The van der Waals surface area contributed by atoms with Gasteiger partial charge in [-0.2, -0.15) is 0 Å². The van der Waals surface area contributed by atoms with Gasteiger partial charge in [-0.3, -0.25) is 4.79 Å². The Labute approximate surface area is 93.0 Å². The Kier molecular flexibility index (Phi) is 7.39. The van der Waals surface area contributed by atoms with Crippen molar-refractivity contribution in [3.63, 3.8) is 0 Å². The Hall–Kier alpha value is -0.570. The van der Waals surface area contributed by atoms with Gasteiger partial charge in [0.25, 0.3) is 0 Å². The highest BCUT2D eigenvalue weighted by Crippen LogP contribution is 2.13. The summed E-state index contributed by atoms with van der Waals surface area (Å²) in [6.45, 7) is 6.14. The van der Waals surface area contributed by atoms with Crippen LogP contribution in [0.3, 0.4) is 0 Å². The molecule has 2 unspecified atom stereocenters. The molecule has 0 radical (unpaired) electrons. The van der Waals surface area contributed by atoms with Crippen molar-refractivity contribution in [2.45, 2.75) is 58.9 Å². The number of carbonyl (C=O) groups is 1. The average Bonchev–Trinajstić information content (AvgIpc) is 2.14. The third-order valence-corrected chi connectivity index (χ3v) is 2.75. The summed E-state index contributed by atoms with van der Waals surface area (Å²) in [4.78, 5) is 10.6. The maximum Gasteiger partial charge on any atom is 0.306 e. The maximum absolute atomic E-state index is 10.6. The first-order valence-corrected chi connectivity index (χ1v) is 5.91. The molecule has 0 aromatic rings. The van der Waals surface area contributed by atoms with E-state index in [9.17, 15) is 4.79 Å². The lowest BCUT2D eigenvalue weighted by Crippen LogP contribution is -2.21. The minimum atomic E-state index is -0.703. The molecule has 0 fully saturated rings. The van der Waals surface area contributed by atoms with Crippen LogP contribution in [0, 0.1) is 11.8 Å². The van der Waals surface area contributed by atoms with Crippen LogP contribution >= 0.6 is 0 Å². The molecule has 0 aliphatic heterocycles. The molecule has 0 aromatic heterocycles. The second-order valence-electron chi connectivity index (χ2n) is 4.90. The summed E-state index contributed by atoms with van der Waals surface area (Å²) in [6.07, 6.45) is 4.83. The molecule has 0 saturated carbocycles. The lowest BCUT2D eigenvalue weighted by molar-refractivity contribution is -0.141. The number of hydrogen-bond acceptors (Lipinski definition) is 2. The third-order valence-electron chi connectivity index (χ3n) is 2.75. The molecule has 90 valence electrons. The van der Waals surface area contributed by atoms with Gasteiger partial charge in [-0.15, -0.1) is 0 Å². The predicted octanol–water partition coefficient (Wildman–Crippen LogP) is 2.64. The third kappa shape index (κ3) is 8.43. The number of nitrogens with two attached hydrogens (primary N) is 1. The van der Waals surface area contributed by atoms with Crippen molar-refractivity contribution in [3.05, 3.63) is 0 Å². The van der Waals surface area contributed by atoms with Crippen LogP contribution in [0.25, 0.3) is 0 Å². The van der Waals surface area contributed by atoms with Crippen LogP contribution < -0.4 is 5.73 Å². The van der Waals surface area contributed by atoms with Gasteiger partial charge in [0.15, 0.2) is 0 Å². The maximum atomic E-state index is 10.6. The second-order valence-corrected chi connectivity index (χ2v) is 4.90. The summed E-state index contributed by atoms with van der Waals surface area (Å²) in [7, 11) is 0. The molecule has 2 atom stereocenters. The van der Waals surface area contributed by atoms with Crippen molar-refractivity contribution < 1.29 is 9.90 Å².